The molecule has 0 fully saturated rings. The van der Waals surface area contributed by atoms with Gasteiger partial charge in [0, 0.05) is 24.2 Å². The molecule has 0 atom stereocenters. The molecular formula is C38H32N2O2. The van der Waals surface area contributed by atoms with Crippen LogP contribution in [0.25, 0.3) is 32.7 Å². The lowest BCUT2D eigenvalue weighted by Crippen LogP contribution is -2.30. The summed E-state index contributed by atoms with van der Waals surface area (Å²) in [4.78, 5) is 28.0. The molecule has 0 aliphatic heterocycles. The van der Waals surface area contributed by atoms with Crippen LogP contribution in [-0.4, -0.2) is 16.7 Å². The van der Waals surface area contributed by atoms with Crippen LogP contribution in [0.4, 0.5) is 0 Å². The van der Waals surface area contributed by atoms with Crippen LogP contribution in [0.15, 0.2) is 121 Å². The molecule has 6 rings (SSSR count). The first kappa shape index (κ1) is 27.0. The Hall–Kier alpha value is -5.22. The highest BCUT2D eigenvalue weighted by Crippen LogP contribution is 2.31. The maximum Gasteiger partial charge on any atom is 0.255 e. The molecular weight excluding hydrogens is 516 g/mol. The van der Waals surface area contributed by atoms with E-state index in [2.05, 4.69) is 68.4 Å². The minimum Gasteiger partial charge on any atom is -0.366 e. The number of aryl methyl sites for hydroxylation is 2. The fourth-order valence-electron chi connectivity index (χ4n) is 5.76. The molecule has 2 amide bonds. The number of fused-ring (bicyclic) bond motifs is 2. The van der Waals surface area contributed by atoms with Crippen LogP contribution in [0.2, 0.25) is 0 Å². The first-order chi connectivity index (χ1) is 20.4. The van der Waals surface area contributed by atoms with Crippen molar-refractivity contribution in [2.45, 2.75) is 26.9 Å². The quantitative estimate of drug-likeness (QED) is 0.218. The molecule has 206 valence electrons. The Bertz CT molecular complexity index is 1930. The van der Waals surface area contributed by atoms with Crippen LogP contribution in [-0.2, 0) is 13.1 Å². The lowest BCUT2D eigenvalue weighted by atomic mass is 9.95. The molecule has 0 saturated heterocycles. The van der Waals surface area contributed by atoms with E-state index in [-0.39, 0.29) is 5.91 Å². The van der Waals surface area contributed by atoms with E-state index in [0.717, 1.165) is 43.8 Å². The molecule has 0 radical (unpaired) electrons. The predicted molar refractivity (Wildman–Crippen MR) is 171 cm³/mol. The number of carbonyl (C=O) groups excluding carboxylic acids is 2. The van der Waals surface area contributed by atoms with Crippen molar-refractivity contribution in [1.29, 1.82) is 0 Å². The number of benzene rings is 6. The largest absolute Gasteiger partial charge is 0.366 e. The standard InChI is InChI=1S/C38H32N2O2/c1-25-7-3-9-27(19-25)23-40(24-28-10-4-8-26(2)20-28)38(42)36-14-6-12-32-22-30(16-18-34(32)36)29-15-17-33-31(21-29)11-5-13-35(33)37(39)41/h3-22H,23-24H2,1-2H3,(H2,39,41). The molecule has 2 N–H and O–H groups in total. The van der Waals surface area contributed by atoms with Gasteiger partial charge in [0.25, 0.3) is 5.91 Å². The smallest absolute Gasteiger partial charge is 0.255 e. The molecule has 0 spiro atoms. The van der Waals surface area contributed by atoms with Crippen LogP contribution in [0.5, 0.6) is 0 Å². The van der Waals surface area contributed by atoms with E-state index in [9.17, 15) is 9.59 Å². The van der Waals surface area contributed by atoms with E-state index in [1.165, 1.54) is 11.1 Å². The van der Waals surface area contributed by atoms with Crippen molar-refractivity contribution in [3.8, 4) is 11.1 Å². The van der Waals surface area contributed by atoms with E-state index in [1.807, 2.05) is 65.6 Å². The van der Waals surface area contributed by atoms with Gasteiger partial charge in [-0.3, -0.25) is 9.59 Å². The molecule has 0 aliphatic carbocycles. The second-order valence-corrected chi connectivity index (χ2v) is 11.0. The summed E-state index contributed by atoms with van der Waals surface area (Å²) in [6.07, 6.45) is 0. The second-order valence-electron chi connectivity index (χ2n) is 11.0. The maximum absolute atomic E-state index is 14.2. The van der Waals surface area contributed by atoms with E-state index < -0.39 is 5.91 Å². The van der Waals surface area contributed by atoms with E-state index in [0.29, 0.717) is 24.2 Å². The number of hydrogen-bond donors (Lipinski definition) is 1. The van der Waals surface area contributed by atoms with Crippen LogP contribution < -0.4 is 5.73 Å². The van der Waals surface area contributed by atoms with Gasteiger partial charge in [-0.2, -0.15) is 0 Å². The highest BCUT2D eigenvalue weighted by Gasteiger charge is 2.20. The highest BCUT2D eigenvalue weighted by atomic mass is 16.2. The van der Waals surface area contributed by atoms with Crippen LogP contribution in [0.3, 0.4) is 0 Å². The minimum absolute atomic E-state index is 0.000971. The van der Waals surface area contributed by atoms with Gasteiger partial charge >= 0.3 is 0 Å². The number of rotatable bonds is 7. The molecule has 6 aromatic carbocycles. The summed E-state index contributed by atoms with van der Waals surface area (Å²) in [7, 11) is 0. The molecule has 0 bridgehead atoms. The minimum atomic E-state index is -0.435. The molecule has 0 aliphatic rings. The fraction of sp³-hybridized carbons (Fsp3) is 0.105. The van der Waals surface area contributed by atoms with Crippen molar-refractivity contribution in [3.63, 3.8) is 0 Å². The number of hydrogen-bond acceptors (Lipinski definition) is 2. The first-order valence-electron chi connectivity index (χ1n) is 14.1. The topological polar surface area (TPSA) is 63.4 Å². The lowest BCUT2D eigenvalue weighted by molar-refractivity contribution is 0.0731. The number of primary amides is 1. The van der Waals surface area contributed by atoms with Gasteiger partial charge in [0.1, 0.15) is 0 Å². The zero-order valence-electron chi connectivity index (χ0n) is 23.8. The van der Waals surface area contributed by atoms with Crippen LogP contribution in [0, 0.1) is 13.8 Å². The van der Waals surface area contributed by atoms with Gasteiger partial charge in [-0.25, -0.2) is 0 Å². The Kier molecular flexibility index (Phi) is 7.28. The lowest BCUT2D eigenvalue weighted by Gasteiger charge is -2.24. The summed E-state index contributed by atoms with van der Waals surface area (Å²) in [6, 6.07) is 40.4. The van der Waals surface area contributed by atoms with Crippen molar-refractivity contribution in [3.05, 3.63) is 155 Å². The third-order valence-corrected chi connectivity index (χ3v) is 7.79. The average Bonchev–Trinajstić information content (AvgIpc) is 2.99. The van der Waals surface area contributed by atoms with Gasteiger partial charge in [0.05, 0.1) is 0 Å². The molecule has 0 unspecified atom stereocenters. The normalized spacial score (nSPS) is 11.1. The third kappa shape index (κ3) is 5.52. The molecule has 42 heavy (non-hydrogen) atoms. The van der Waals surface area contributed by atoms with Gasteiger partial charge in [-0.1, -0.05) is 108 Å². The van der Waals surface area contributed by atoms with Gasteiger partial charge in [-0.05, 0) is 81.9 Å². The van der Waals surface area contributed by atoms with Crippen molar-refractivity contribution in [2.75, 3.05) is 0 Å². The fourth-order valence-corrected chi connectivity index (χ4v) is 5.76. The molecule has 4 heteroatoms. The average molecular weight is 549 g/mol. The highest BCUT2D eigenvalue weighted by molar-refractivity contribution is 6.09. The molecule has 6 aromatic rings. The van der Waals surface area contributed by atoms with Crippen molar-refractivity contribution >= 4 is 33.4 Å². The summed E-state index contributed by atoms with van der Waals surface area (Å²) in [5, 5.41) is 3.71. The van der Waals surface area contributed by atoms with Crippen LogP contribution in [0.1, 0.15) is 43.0 Å². The zero-order valence-corrected chi connectivity index (χ0v) is 23.8. The summed E-state index contributed by atoms with van der Waals surface area (Å²) < 4.78 is 0. The Balaban J connectivity index is 1.37. The number of carbonyl (C=O) groups is 2. The van der Waals surface area contributed by atoms with Crippen LogP contribution >= 0.6 is 0 Å². The summed E-state index contributed by atoms with van der Waals surface area (Å²) in [5.41, 5.74) is 13.4. The monoisotopic (exact) mass is 548 g/mol. The molecule has 4 nitrogen and oxygen atoms in total. The molecule has 0 saturated carbocycles. The van der Waals surface area contributed by atoms with Gasteiger partial charge in [0.2, 0.25) is 5.91 Å². The molecule has 0 aromatic heterocycles. The van der Waals surface area contributed by atoms with Crippen molar-refractivity contribution in [1.82, 2.24) is 4.90 Å². The van der Waals surface area contributed by atoms with E-state index in [1.54, 1.807) is 6.07 Å². The van der Waals surface area contributed by atoms with Gasteiger partial charge < -0.3 is 10.6 Å². The first-order valence-corrected chi connectivity index (χ1v) is 14.1. The second kappa shape index (κ2) is 11.3. The summed E-state index contributed by atoms with van der Waals surface area (Å²) >= 11 is 0. The van der Waals surface area contributed by atoms with E-state index >= 15 is 0 Å². The number of amides is 2. The Morgan fingerprint density at radius 1 is 0.571 bits per heavy atom. The van der Waals surface area contributed by atoms with Crippen molar-refractivity contribution < 1.29 is 9.59 Å². The summed E-state index contributed by atoms with van der Waals surface area (Å²) in [5.74, 6) is -0.434. The summed E-state index contributed by atoms with van der Waals surface area (Å²) in [6.45, 7) is 5.19. The zero-order chi connectivity index (χ0) is 29.2. The molecule has 0 heterocycles. The van der Waals surface area contributed by atoms with Gasteiger partial charge in [-0.15, -0.1) is 0 Å². The number of nitrogens with two attached hydrogens (primary N) is 1. The maximum atomic E-state index is 14.2. The Morgan fingerprint density at radius 3 is 1.55 bits per heavy atom. The third-order valence-electron chi connectivity index (χ3n) is 7.79. The Morgan fingerprint density at radius 2 is 1.05 bits per heavy atom. The SMILES string of the molecule is Cc1cccc(CN(Cc2cccc(C)c2)C(=O)c2cccc3cc(-c4ccc5c(C(N)=O)cccc5c4)ccc23)c1. The van der Waals surface area contributed by atoms with Gasteiger partial charge in [0.15, 0.2) is 0 Å². The number of nitrogens with zero attached hydrogens (tertiary/aromatic N) is 1. The Labute approximate surface area is 246 Å². The van der Waals surface area contributed by atoms with E-state index in [4.69, 9.17) is 5.73 Å². The predicted octanol–water partition coefficient (Wildman–Crippen LogP) is 8.22. The van der Waals surface area contributed by atoms with Crippen molar-refractivity contribution in [2.24, 2.45) is 5.73 Å².